The van der Waals surface area contributed by atoms with Crippen LogP contribution in [0.15, 0.2) is 28.0 Å². The van der Waals surface area contributed by atoms with E-state index in [1.807, 2.05) is 0 Å². The van der Waals surface area contributed by atoms with Crippen LogP contribution in [0.3, 0.4) is 0 Å². The molecule has 0 bridgehead atoms. The molecule has 1 aliphatic heterocycles. The van der Waals surface area contributed by atoms with E-state index >= 15 is 0 Å². The Hall–Kier alpha value is -1.44. The van der Waals surface area contributed by atoms with Crippen molar-refractivity contribution >= 4 is 33.0 Å². The van der Waals surface area contributed by atoms with Crippen LogP contribution >= 0.6 is 23.2 Å². The van der Waals surface area contributed by atoms with Crippen molar-refractivity contribution in [3.05, 3.63) is 38.7 Å². The van der Waals surface area contributed by atoms with Crippen molar-refractivity contribution in [2.24, 2.45) is 0 Å². The van der Waals surface area contributed by atoms with Gasteiger partial charge in [0.2, 0.25) is 0 Å². The molecule has 2 aromatic rings. The molecule has 0 amide bonds. The molecule has 106 valence electrons. The molecular weight excluding hydrogens is 327 g/mol. The lowest BCUT2D eigenvalue weighted by atomic mass is 10.3. The van der Waals surface area contributed by atoms with Gasteiger partial charge >= 0.3 is 5.69 Å². The molecule has 0 fully saturated rings. The summed E-state index contributed by atoms with van der Waals surface area (Å²) in [5, 5.41) is 12.2. The number of halogens is 2. The number of hydrogen-bond acceptors (Lipinski definition) is 4. The summed E-state index contributed by atoms with van der Waals surface area (Å²) < 4.78 is 25.3. The van der Waals surface area contributed by atoms with Gasteiger partial charge in [-0.3, -0.25) is 9.13 Å². The molecule has 0 aliphatic carbocycles. The third-order valence-corrected chi connectivity index (χ3v) is 5.54. The van der Waals surface area contributed by atoms with Gasteiger partial charge in [-0.15, -0.1) is 0 Å². The Morgan fingerprint density at radius 2 is 1.90 bits per heavy atom. The molecule has 3 rings (SSSR count). The maximum absolute atomic E-state index is 12.2. The lowest BCUT2D eigenvalue weighted by Gasteiger charge is -2.12. The summed E-state index contributed by atoms with van der Waals surface area (Å²) in [5.74, 6) is -1.08. The first-order chi connectivity index (χ1) is 9.33. The number of sulfone groups is 1. The highest BCUT2D eigenvalue weighted by atomic mass is 35.5. The van der Waals surface area contributed by atoms with Crippen LogP contribution in [0.2, 0.25) is 10.0 Å². The summed E-state index contributed by atoms with van der Waals surface area (Å²) in [5.41, 5.74) is -0.504. The van der Waals surface area contributed by atoms with Crippen molar-refractivity contribution in [3.63, 3.8) is 0 Å². The van der Waals surface area contributed by atoms with E-state index in [9.17, 15) is 18.3 Å². The Bertz CT molecular complexity index is 883. The fourth-order valence-corrected chi connectivity index (χ4v) is 3.93. The molecule has 0 spiro atoms. The fraction of sp³-hybridized carbons (Fsp3) is 0.182. The molecule has 0 saturated carbocycles. The predicted octanol–water partition coefficient (Wildman–Crippen LogP) is 0.807. The minimum absolute atomic E-state index is 0.0138. The molecule has 6 nitrogen and oxygen atoms in total. The Balaban J connectivity index is 2.32. The quantitative estimate of drug-likeness (QED) is 0.772. The van der Waals surface area contributed by atoms with Gasteiger partial charge in [0.05, 0.1) is 21.5 Å². The summed E-state index contributed by atoms with van der Waals surface area (Å²) in [6.45, 7) is -0.0138. The number of imidazole rings is 1. The zero-order chi connectivity index (χ0) is 14.7. The van der Waals surface area contributed by atoms with Gasteiger partial charge in [0, 0.05) is 12.4 Å². The zero-order valence-corrected chi connectivity index (χ0v) is 12.2. The maximum atomic E-state index is 12.2. The van der Waals surface area contributed by atoms with Crippen LogP contribution in [0.4, 0.5) is 0 Å². The van der Waals surface area contributed by atoms with Crippen molar-refractivity contribution in [3.8, 4) is 11.6 Å². The molecule has 0 radical (unpaired) electrons. The van der Waals surface area contributed by atoms with Gasteiger partial charge in [0.1, 0.15) is 5.03 Å². The lowest BCUT2D eigenvalue weighted by Crippen LogP contribution is -2.23. The van der Waals surface area contributed by atoms with E-state index in [0.29, 0.717) is 0 Å². The van der Waals surface area contributed by atoms with Crippen LogP contribution in [-0.4, -0.2) is 23.3 Å². The Kier molecular flexibility index (Phi) is 2.89. The minimum Gasteiger partial charge on any atom is -0.858 e. The number of aromatic nitrogens is 2. The van der Waals surface area contributed by atoms with Gasteiger partial charge < -0.3 is 5.11 Å². The standard InChI is InChI=1S/C11H8Cl2N2O4S/c12-7-2-1-6(5-8(7)13)15-9(16)10-14(11(15)17)3-4-20(10,18)19/h1-2,5,16H,3-4H2/p-1. The first-order valence-corrected chi connectivity index (χ1v) is 7.94. The average Bonchev–Trinajstić information content (AvgIpc) is 2.81. The topological polar surface area (TPSA) is 84.1 Å². The molecule has 9 heteroatoms. The van der Waals surface area contributed by atoms with Crippen LogP contribution in [0.25, 0.3) is 5.69 Å². The second-order valence-electron chi connectivity index (χ2n) is 4.30. The number of nitrogens with zero attached hydrogens (tertiary/aromatic N) is 2. The smallest absolute Gasteiger partial charge is 0.333 e. The molecular formula is C11H7Cl2N2O4S-. The molecule has 2 heterocycles. The van der Waals surface area contributed by atoms with E-state index in [-0.39, 0.29) is 28.0 Å². The van der Waals surface area contributed by atoms with Crippen molar-refractivity contribution in [1.82, 2.24) is 9.13 Å². The first-order valence-electron chi connectivity index (χ1n) is 5.53. The second kappa shape index (κ2) is 4.28. The zero-order valence-electron chi connectivity index (χ0n) is 9.84. The molecule has 1 aliphatic rings. The summed E-state index contributed by atoms with van der Waals surface area (Å²) in [4.78, 5) is 12.2. The Labute approximate surface area is 123 Å². The van der Waals surface area contributed by atoms with Crippen molar-refractivity contribution in [2.45, 2.75) is 11.6 Å². The van der Waals surface area contributed by atoms with Crippen molar-refractivity contribution in [2.75, 3.05) is 5.75 Å². The van der Waals surface area contributed by atoms with Crippen LogP contribution in [0.1, 0.15) is 0 Å². The van der Waals surface area contributed by atoms with Gasteiger partial charge in [-0.05, 0) is 18.2 Å². The van der Waals surface area contributed by atoms with Gasteiger partial charge in [-0.1, -0.05) is 23.2 Å². The molecule has 20 heavy (non-hydrogen) atoms. The van der Waals surface area contributed by atoms with E-state index in [0.717, 1.165) is 9.13 Å². The third-order valence-electron chi connectivity index (χ3n) is 3.09. The van der Waals surface area contributed by atoms with E-state index in [1.165, 1.54) is 18.2 Å². The van der Waals surface area contributed by atoms with Crippen LogP contribution in [0.5, 0.6) is 5.88 Å². The Morgan fingerprint density at radius 1 is 1.20 bits per heavy atom. The average molecular weight is 334 g/mol. The molecule has 1 aromatic heterocycles. The largest absolute Gasteiger partial charge is 0.858 e. The van der Waals surface area contributed by atoms with E-state index in [2.05, 4.69) is 0 Å². The highest BCUT2D eigenvalue weighted by Crippen LogP contribution is 2.30. The molecule has 1 aromatic carbocycles. The first kappa shape index (κ1) is 13.5. The minimum atomic E-state index is -3.69. The van der Waals surface area contributed by atoms with Crippen LogP contribution in [0, 0.1) is 0 Å². The highest BCUT2D eigenvalue weighted by molar-refractivity contribution is 7.91. The number of fused-ring (bicyclic) bond motifs is 1. The normalized spacial score (nSPS) is 16.3. The van der Waals surface area contributed by atoms with Crippen molar-refractivity contribution < 1.29 is 13.5 Å². The van der Waals surface area contributed by atoms with Gasteiger partial charge in [-0.25, -0.2) is 13.2 Å². The summed E-state index contributed by atoms with van der Waals surface area (Å²) in [7, 11) is -3.69. The number of rotatable bonds is 1. The Morgan fingerprint density at radius 3 is 2.50 bits per heavy atom. The van der Waals surface area contributed by atoms with Gasteiger partial charge in [-0.2, -0.15) is 0 Å². The van der Waals surface area contributed by atoms with E-state index in [4.69, 9.17) is 23.2 Å². The van der Waals surface area contributed by atoms with E-state index < -0.39 is 26.4 Å². The van der Waals surface area contributed by atoms with Crippen molar-refractivity contribution in [1.29, 1.82) is 0 Å². The van der Waals surface area contributed by atoms with Gasteiger partial charge in [0.25, 0.3) is 0 Å². The third kappa shape index (κ3) is 1.77. The predicted molar refractivity (Wildman–Crippen MR) is 71.5 cm³/mol. The molecule has 0 N–H and O–H groups in total. The lowest BCUT2D eigenvalue weighted by molar-refractivity contribution is -0.281. The van der Waals surface area contributed by atoms with Crippen LogP contribution in [-0.2, 0) is 16.4 Å². The summed E-state index contributed by atoms with van der Waals surface area (Å²) in [6.07, 6.45) is 0. The number of hydrogen-bond donors (Lipinski definition) is 0. The highest BCUT2D eigenvalue weighted by Gasteiger charge is 2.31. The molecule has 0 saturated heterocycles. The number of benzene rings is 1. The van der Waals surface area contributed by atoms with E-state index in [1.54, 1.807) is 0 Å². The van der Waals surface area contributed by atoms with Gasteiger partial charge in [0.15, 0.2) is 9.84 Å². The monoisotopic (exact) mass is 333 g/mol. The SMILES string of the molecule is O=c1n2c(c([O-])n1-c1ccc(Cl)c(Cl)c1)S(=O)(=O)CC2. The fourth-order valence-electron chi connectivity index (χ4n) is 2.16. The molecule has 0 unspecified atom stereocenters. The maximum Gasteiger partial charge on any atom is 0.333 e. The molecule has 0 atom stereocenters. The van der Waals surface area contributed by atoms with Crippen LogP contribution < -0.4 is 10.8 Å². The summed E-state index contributed by atoms with van der Waals surface area (Å²) >= 11 is 11.6. The second-order valence-corrected chi connectivity index (χ2v) is 7.14. The summed E-state index contributed by atoms with van der Waals surface area (Å²) in [6, 6.07) is 4.21.